The van der Waals surface area contributed by atoms with Crippen LogP contribution in [0, 0.1) is 5.82 Å². The zero-order chi connectivity index (χ0) is 23.2. The molecule has 1 aromatic carbocycles. The zero-order valence-electron chi connectivity index (χ0n) is 17.4. The van der Waals surface area contributed by atoms with Gasteiger partial charge in [0.15, 0.2) is 11.7 Å². The number of carbonyl (C=O) groups excluding carboxylic acids is 1. The van der Waals surface area contributed by atoms with Crippen molar-refractivity contribution in [2.24, 2.45) is 4.40 Å². The van der Waals surface area contributed by atoms with E-state index in [-0.39, 0.29) is 45.9 Å². The third-order valence-electron chi connectivity index (χ3n) is 5.49. The largest absolute Gasteiger partial charge is 0.349 e. The summed E-state index contributed by atoms with van der Waals surface area (Å²) in [5, 5.41) is 0.156. The second-order valence-corrected chi connectivity index (χ2v) is 9.48. The van der Waals surface area contributed by atoms with Gasteiger partial charge in [0.2, 0.25) is 5.91 Å². The van der Waals surface area contributed by atoms with Crippen LogP contribution >= 0.6 is 11.6 Å². The second kappa shape index (κ2) is 8.18. The minimum atomic E-state index is -4.09. The Balaban J connectivity index is 1.78. The lowest BCUT2D eigenvalue weighted by molar-refractivity contribution is -0.130. The first-order chi connectivity index (χ1) is 15.1. The Labute approximate surface area is 190 Å². The van der Waals surface area contributed by atoms with E-state index in [0.717, 1.165) is 0 Å². The van der Waals surface area contributed by atoms with Crippen molar-refractivity contribution in [3.63, 3.8) is 0 Å². The van der Waals surface area contributed by atoms with Crippen LogP contribution < -0.4 is 4.72 Å². The number of rotatable bonds is 2. The van der Waals surface area contributed by atoms with Gasteiger partial charge >= 0.3 is 10.2 Å². The Morgan fingerprint density at radius 3 is 2.66 bits per heavy atom. The van der Waals surface area contributed by atoms with Gasteiger partial charge in [-0.05, 0) is 38.1 Å². The molecule has 1 amide bonds. The number of piperazine rings is 1. The lowest BCUT2D eigenvalue weighted by atomic mass is 10.0. The molecule has 32 heavy (non-hydrogen) atoms. The number of hydrogen-bond acceptors (Lipinski definition) is 5. The molecule has 2 aliphatic rings. The molecule has 2 atom stereocenters. The molecule has 1 aromatic heterocycles. The zero-order valence-corrected chi connectivity index (χ0v) is 19.0. The van der Waals surface area contributed by atoms with Crippen molar-refractivity contribution in [2.75, 3.05) is 17.8 Å². The molecule has 1 saturated heterocycles. The fraction of sp³-hybridized carbons (Fsp3) is 0.286. The Morgan fingerprint density at radius 2 is 1.97 bits per heavy atom. The molecule has 11 heteroatoms. The van der Waals surface area contributed by atoms with Gasteiger partial charge in [0.1, 0.15) is 5.82 Å². The van der Waals surface area contributed by atoms with Crippen LogP contribution in [0.25, 0.3) is 11.3 Å². The minimum Gasteiger partial charge on any atom is -0.349 e. The summed E-state index contributed by atoms with van der Waals surface area (Å²) < 4.78 is 45.6. The number of benzene rings is 1. The van der Waals surface area contributed by atoms with Gasteiger partial charge in [0.05, 0.1) is 16.3 Å². The average molecular weight is 478 g/mol. The summed E-state index contributed by atoms with van der Waals surface area (Å²) in [6, 6.07) is 7.06. The number of amides is 1. The third kappa shape index (κ3) is 3.95. The maximum atomic E-state index is 14.3. The predicted molar refractivity (Wildman–Crippen MR) is 121 cm³/mol. The van der Waals surface area contributed by atoms with Crippen molar-refractivity contribution < 1.29 is 17.6 Å². The number of nitrogens with zero attached hydrogens (tertiary/aromatic N) is 4. The number of nitrogens with one attached hydrogen (secondary N) is 1. The van der Waals surface area contributed by atoms with Crippen LogP contribution in [0.4, 0.5) is 10.2 Å². The van der Waals surface area contributed by atoms with E-state index in [1.807, 2.05) is 18.7 Å². The van der Waals surface area contributed by atoms with Crippen LogP contribution in [-0.2, 0) is 15.0 Å². The number of amidine groups is 1. The van der Waals surface area contributed by atoms with E-state index < -0.39 is 16.0 Å². The molecule has 0 radical (unpaired) electrons. The van der Waals surface area contributed by atoms with Crippen LogP contribution in [0.1, 0.15) is 19.4 Å². The van der Waals surface area contributed by atoms with Crippen LogP contribution in [0.5, 0.6) is 0 Å². The summed E-state index contributed by atoms with van der Waals surface area (Å²) in [6.45, 7) is 7.98. The quantitative estimate of drug-likeness (QED) is 0.671. The van der Waals surface area contributed by atoms with E-state index in [2.05, 4.69) is 20.7 Å². The topological polar surface area (TPSA) is 95.0 Å². The van der Waals surface area contributed by atoms with Crippen LogP contribution in [0.2, 0.25) is 5.02 Å². The van der Waals surface area contributed by atoms with E-state index in [9.17, 15) is 17.6 Å². The van der Waals surface area contributed by atoms with E-state index >= 15 is 0 Å². The number of anilines is 1. The summed E-state index contributed by atoms with van der Waals surface area (Å²) in [5.41, 5.74) is 0.657. The molecule has 0 bridgehead atoms. The fourth-order valence-corrected chi connectivity index (χ4v) is 5.07. The molecule has 0 aliphatic carbocycles. The number of fused-ring (bicyclic) bond motifs is 1. The Hall–Kier alpha value is -2.98. The predicted octanol–water partition coefficient (Wildman–Crippen LogP) is 3.07. The van der Waals surface area contributed by atoms with E-state index in [1.54, 1.807) is 11.0 Å². The number of halogens is 2. The molecule has 2 aromatic rings. The van der Waals surface area contributed by atoms with Gasteiger partial charge in [0.25, 0.3) is 0 Å². The van der Waals surface area contributed by atoms with Crippen LogP contribution in [0.3, 0.4) is 0 Å². The van der Waals surface area contributed by atoms with Gasteiger partial charge < -0.3 is 9.80 Å². The fourth-order valence-electron chi connectivity index (χ4n) is 3.94. The number of pyridine rings is 1. The molecule has 2 aliphatic heterocycles. The average Bonchev–Trinajstić information content (AvgIpc) is 2.74. The van der Waals surface area contributed by atoms with Gasteiger partial charge in [-0.3, -0.25) is 4.79 Å². The van der Waals surface area contributed by atoms with Crippen molar-refractivity contribution in [2.45, 2.75) is 25.9 Å². The molecular weight excluding hydrogens is 457 g/mol. The molecule has 1 N–H and O–H groups in total. The summed E-state index contributed by atoms with van der Waals surface area (Å²) >= 11 is 6.45. The van der Waals surface area contributed by atoms with Gasteiger partial charge in [-0.2, -0.15) is 8.42 Å². The van der Waals surface area contributed by atoms with E-state index in [4.69, 9.17) is 11.6 Å². The minimum absolute atomic E-state index is 0.0158. The molecule has 168 valence electrons. The highest BCUT2D eigenvalue weighted by atomic mass is 35.5. The normalized spacial score (nSPS) is 21.9. The van der Waals surface area contributed by atoms with Crippen molar-refractivity contribution in [1.82, 2.24) is 14.8 Å². The van der Waals surface area contributed by atoms with Gasteiger partial charge in [0, 0.05) is 30.7 Å². The smallest absolute Gasteiger partial charge is 0.345 e. The monoisotopic (exact) mass is 477 g/mol. The standard InChI is InChI=1S/C21H21ClFN5O3S/c1-4-18(29)27-10-13(3)28(11-12(27)2)21-15-9-16(22)19(14-7-5-6-8-17(14)23)24-20(15)25-32(30,31)26-21/h4-9,12-13H,1,10-11H2,2-3H3,(H,24,25)/t12-,13+/m1/s1. The van der Waals surface area contributed by atoms with Crippen molar-refractivity contribution in [3.8, 4) is 11.3 Å². The maximum absolute atomic E-state index is 14.3. The Morgan fingerprint density at radius 1 is 1.25 bits per heavy atom. The molecule has 0 unspecified atom stereocenters. The van der Waals surface area contributed by atoms with Gasteiger partial charge in [-0.1, -0.05) is 30.3 Å². The highest BCUT2D eigenvalue weighted by molar-refractivity contribution is 7.91. The first kappa shape index (κ1) is 22.2. The first-order valence-electron chi connectivity index (χ1n) is 9.89. The van der Waals surface area contributed by atoms with Crippen LogP contribution in [0.15, 0.2) is 47.4 Å². The van der Waals surface area contributed by atoms with Crippen molar-refractivity contribution in [3.05, 3.63) is 59.4 Å². The van der Waals surface area contributed by atoms with E-state index in [1.165, 1.54) is 30.3 Å². The highest BCUT2D eigenvalue weighted by Gasteiger charge is 2.37. The molecule has 8 nitrogen and oxygen atoms in total. The number of aromatic nitrogens is 1. The summed E-state index contributed by atoms with van der Waals surface area (Å²) in [7, 11) is -4.09. The molecule has 1 fully saturated rings. The number of hydrogen-bond donors (Lipinski definition) is 1. The summed E-state index contributed by atoms with van der Waals surface area (Å²) in [6.07, 6.45) is 1.26. The Kier molecular flexibility index (Phi) is 5.68. The third-order valence-corrected chi connectivity index (χ3v) is 6.65. The molecule has 3 heterocycles. The molecule has 0 saturated carbocycles. The van der Waals surface area contributed by atoms with Crippen molar-refractivity contribution >= 4 is 39.4 Å². The maximum Gasteiger partial charge on any atom is 0.345 e. The lowest BCUT2D eigenvalue weighted by Gasteiger charge is -2.45. The Bertz CT molecular complexity index is 1250. The molecule has 0 spiro atoms. The van der Waals surface area contributed by atoms with Crippen LogP contribution in [-0.4, -0.2) is 60.1 Å². The summed E-state index contributed by atoms with van der Waals surface area (Å²) in [5.74, 6) is -0.524. The first-order valence-corrected chi connectivity index (χ1v) is 11.7. The van der Waals surface area contributed by atoms with Crippen molar-refractivity contribution in [1.29, 1.82) is 0 Å². The van der Waals surface area contributed by atoms with Gasteiger partial charge in [-0.15, -0.1) is 4.40 Å². The lowest BCUT2D eigenvalue weighted by Crippen LogP contribution is -2.59. The van der Waals surface area contributed by atoms with Gasteiger partial charge in [-0.25, -0.2) is 14.1 Å². The molecular formula is C21H21ClFN5O3S. The second-order valence-electron chi connectivity index (χ2n) is 7.73. The molecule has 4 rings (SSSR count). The SMILES string of the molecule is C=CC(=O)N1C[C@H](C)N(C2=NS(=O)(=O)Nc3nc(-c4ccccc4F)c(Cl)cc32)C[C@H]1C. The highest BCUT2D eigenvalue weighted by Crippen LogP contribution is 2.35. The summed E-state index contributed by atoms with van der Waals surface area (Å²) in [4.78, 5) is 20.0. The number of carbonyl (C=O) groups is 1. The van der Waals surface area contributed by atoms with E-state index in [0.29, 0.717) is 18.7 Å².